The van der Waals surface area contributed by atoms with E-state index >= 15 is 0 Å². The highest BCUT2D eigenvalue weighted by Gasteiger charge is 2.17. The fourth-order valence-corrected chi connectivity index (χ4v) is 1.37. The van der Waals surface area contributed by atoms with E-state index in [1.165, 1.54) is 0 Å². The minimum atomic E-state index is -1.22. The molecule has 0 saturated heterocycles. The molecule has 0 aliphatic heterocycles. The number of hydrogen-bond donors (Lipinski definition) is 1. The Morgan fingerprint density at radius 1 is 1.38 bits per heavy atom. The van der Waals surface area contributed by atoms with Gasteiger partial charge in [-0.1, -0.05) is 30.1 Å². The molecule has 0 aromatic carbocycles. The molecule has 1 N–H and O–H groups in total. The highest BCUT2D eigenvalue weighted by molar-refractivity contribution is 6.37. The van der Waals surface area contributed by atoms with E-state index in [1.807, 2.05) is 6.92 Å². The van der Waals surface area contributed by atoms with Gasteiger partial charge in [-0.3, -0.25) is 0 Å². The summed E-state index contributed by atoms with van der Waals surface area (Å²) >= 11 is 11.2. The zero-order valence-corrected chi connectivity index (χ0v) is 8.22. The van der Waals surface area contributed by atoms with Crippen molar-refractivity contribution in [3.05, 3.63) is 21.7 Å². The molecule has 0 unspecified atom stereocenters. The Bertz CT molecular complexity index is 331. The molecule has 4 nitrogen and oxygen atoms in total. The Labute approximate surface area is 84.5 Å². The standard InChI is InChI=1S/C7H6Cl2N2O2/c1-2-3-10-5(8)4(7(12)13)6(9)11-3/h2H2,1H3,(H,12,13). The monoisotopic (exact) mass is 220 g/mol. The van der Waals surface area contributed by atoms with Crippen LogP contribution in [-0.4, -0.2) is 21.0 Å². The normalized spacial score (nSPS) is 10.1. The van der Waals surface area contributed by atoms with Crippen LogP contribution in [0.2, 0.25) is 10.3 Å². The third-order valence-electron chi connectivity index (χ3n) is 1.40. The molecule has 6 heteroatoms. The van der Waals surface area contributed by atoms with Gasteiger partial charge in [0.2, 0.25) is 0 Å². The van der Waals surface area contributed by atoms with E-state index < -0.39 is 5.97 Å². The van der Waals surface area contributed by atoms with Gasteiger partial charge in [-0.2, -0.15) is 0 Å². The zero-order chi connectivity index (χ0) is 10.0. The summed E-state index contributed by atoms with van der Waals surface area (Å²) in [5.41, 5.74) is -0.250. The third-order valence-corrected chi connectivity index (χ3v) is 1.94. The second-order valence-corrected chi connectivity index (χ2v) is 2.97. The molecule has 0 radical (unpaired) electrons. The van der Waals surface area contributed by atoms with E-state index in [2.05, 4.69) is 9.97 Å². The quantitative estimate of drug-likeness (QED) is 0.776. The highest BCUT2D eigenvalue weighted by Crippen LogP contribution is 2.20. The van der Waals surface area contributed by atoms with Crippen LogP contribution >= 0.6 is 23.2 Å². The largest absolute Gasteiger partial charge is 0.477 e. The number of aromatic carboxylic acids is 1. The predicted octanol–water partition coefficient (Wildman–Crippen LogP) is 2.04. The van der Waals surface area contributed by atoms with Crippen LogP contribution in [0.5, 0.6) is 0 Å². The van der Waals surface area contributed by atoms with E-state index in [9.17, 15) is 4.79 Å². The maximum Gasteiger partial charge on any atom is 0.342 e. The van der Waals surface area contributed by atoms with Crippen LogP contribution in [0.4, 0.5) is 0 Å². The van der Waals surface area contributed by atoms with Crippen molar-refractivity contribution in [3.8, 4) is 0 Å². The summed E-state index contributed by atoms with van der Waals surface area (Å²) in [5, 5.41) is 8.42. The summed E-state index contributed by atoms with van der Waals surface area (Å²) in [5.74, 6) is -0.794. The summed E-state index contributed by atoms with van der Waals surface area (Å²) in [6, 6.07) is 0. The number of carbonyl (C=O) groups is 1. The summed E-state index contributed by atoms with van der Waals surface area (Å²) < 4.78 is 0. The summed E-state index contributed by atoms with van der Waals surface area (Å²) in [4.78, 5) is 18.1. The molecule has 0 amide bonds. The molecular weight excluding hydrogens is 215 g/mol. The second kappa shape index (κ2) is 3.89. The average molecular weight is 221 g/mol. The average Bonchev–Trinajstić information content (AvgIpc) is 2.02. The Kier molecular flexibility index (Phi) is 3.06. The fourth-order valence-electron chi connectivity index (χ4n) is 0.783. The van der Waals surface area contributed by atoms with Gasteiger partial charge in [-0.05, 0) is 0 Å². The van der Waals surface area contributed by atoms with Gasteiger partial charge >= 0.3 is 5.97 Å². The predicted molar refractivity (Wildman–Crippen MR) is 48.4 cm³/mol. The van der Waals surface area contributed by atoms with Crippen LogP contribution in [0.25, 0.3) is 0 Å². The lowest BCUT2D eigenvalue weighted by Crippen LogP contribution is -2.05. The van der Waals surface area contributed by atoms with Gasteiger partial charge in [-0.15, -0.1) is 0 Å². The molecule has 13 heavy (non-hydrogen) atoms. The Morgan fingerprint density at radius 2 is 1.85 bits per heavy atom. The Morgan fingerprint density at radius 3 is 2.15 bits per heavy atom. The first-order chi connectivity index (χ1) is 6.06. The molecule has 0 atom stereocenters. The molecule has 0 aliphatic rings. The van der Waals surface area contributed by atoms with Crippen LogP contribution in [-0.2, 0) is 6.42 Å². The number of nitrogens with zero attached hydrogens (tertiary/aromatic N) is 2. The van der Waals surface area contributed by atoms with Gasteiger partial charge in [0.25, 0.3) is 0 Å². The van der Waals surface area contributed by atoms with Gasteiger partial charge in [0, 0.05) is 6.42 Å². The van der Waals surface area contributed by atoms with Crippen molar-refractivity contribution in [1.82, 2.24) is 9.97 Å². The molecule has 0 saturated carbocycles. The van der Waals surface area contributed by atoms with Crippen molar-refractivity contribution in [1.29, 1.82) is 0 Å². The number of hydrogen-bond acceptors (Lipinski definition) is 3. The van der Waals surface area contributed by atoms with Gasteiger partial charge in [-0.25, -0.2) is 14.8 Å². The first-order valence-corrected chi connectivity index (χ1v) is 4.27. The lowest BCUT2D eigenvalue weighted by atomic mass is 10.3. The van der Waals surface area contributed by atoms with Crippen molar-refractivity contribution in [3.63, 3.8) is 0 Å². The van der Waals surface area contributed by atoms with Crippen LogP contribution in [0.15, 0.2) is 0 Å². The van der Waals surface area contributed by atoms with Gasteiger partial charge in [0.15, 0.2) is 0 Å². The summed E-state index contributed by atoms with van der Waals surface area (Å²) in [6.07, 6.45) is 0.555. The Hall–Kier alpha value is -0.870. The van der Waals surface area contributed by atoms with Crippen molar-refractivity contribution >= 4 is 29.2 Å². The minimum Gasteiger partial charge on any atom is -0.477 e. The molecule has 0 fully saturated rings. The molecule has 1 rings (SSSR count). The van der Waals surface area contributed by atoms with Gasteiger partial charge < -0.3 is 5.11 Å². The molecule has 0 aliphatic carbocycles. The van der Waals surface area contributed by atoms with Gasteiger partial charge in [0.1, 0.15) is 21.7 Å². The van der Waals surface area contributed by atoms with Crippen LogP contribution < -0.4 is 0 Å². The van der Waals surface area contributed by atoms with Crippen molar-refractivity contribution in [2.45, 2.75) is 13.3 Å². The second-order valence-electron chi connectivity index (χ2n) is 2.26. The number of halogens is 2. The lowest BCUT2D eigenvalue weighted by Gasteiger charge is -2.02. The van der Waals surface area contributed by atoms with Crippen LogP contribution in [0.3, 0.4) is 0 Å². The first kappa shape index (κ1) is 10.2. The maximum absolute atomic E-state index is 10.6. The summed E-state index contributed by atoms with van der Waals surface area (Å²) in [6.45, 7) is 1.82. The highest BCUT2D eigenvalue weighted by atomic mass is 35.5. The summed E-state index contributed by atoms with van der Waals surface area (Å²) in [7, 11) is 0. The maximum atomic E-state index is 10.6. The number of carboxylic acids is 1. The molecule has 0 spiro atoms. The van der Waals surface area contributed by atoms with E-state index in [1.54, 1.807) is 0 Å². The van der Waals surface area contributed by atoms with Crippen LogP contribution in [0.1, 0.15) is 23.1 Å². The molecular formula is C7H6Cl2N2O2. The van der Waals surface area contributed by atoms with Crippen molar-refractivity contribution < 1.29 is 9.90 Å². The number of rotatable bonds is 2. The molecule has 1 aromatic heterocycles. The zero-order valence-electron chi connectivity index (χ0n) is 6.71. The SMILES string of the molecule is CCc1nc(Cl)c(C(=O)O)c(Cl)n1. The molecule has 1 heterocycles. The number of aryl methyl sites for hydroxylation is 1. The van der Waals surface area contributed by atoms with E-state index in [0.29, 0.717) is 12.2 Å². The third kappa shape index (κ3) is 2.08. The smallest absolute Gasteiger partial charge is 0.342 e. The topological polar surface area (TPSA) is 63.1 Å². The van der Waals surface area contributed by atoms with Gasteiger partial charge in [0.05, 0.1) is 0 Å². The lowest BCUT2D eigenvalue weighted by molar-refractivity contribution is 0.0696. The molecule has 1 aromatic rings. The van der Waals surface area contributed by atoms with E-state index in [-0.39, 0.29) is 15.9 Å². The van der Waals surface area contributed by atoms with Crippen molar-refractivity contribution in [2.75, 3.05) is 0 Å². The van der Waals surface area contributed by atoms with Crippen LogP contribution in [0, 0.1) is 0 Å². The molecule has 0 bridgehead atoms. The number of aromatic nitrogens is 2. The van der Waals surface area contributed by atoms with Crippen molar-refractivity contribution in [2.24, 2.45) is 0 Å². The number of carboxylic acid groups (broad SMARTS) is 1. The minimum absolute atomic E-state index is 0.121. The Balaban J connectivity index is 3.31. The van der Waals surface area contributed by atoms with E-state index in [4.69, 9.17) is 28.3 Å². The first-order valence-electron chi connectivity index (χ1n) is 3.51. The molecule has 70 valence electrons. The van der Waals surface area contributed by atoms with E-state index in [0.717, 1.165) is 0 Å². The fraction of sp³-hybridized carbons (Fsp3) is 0.286.